The van der Waals surface area contributed by atoms with E-state index in [1.807, 2.05) is 12.1 Å². The summed E-state index contributed by atoms with van der Waals surface area (Å²) in [6.45, 7) is 2.73. The molecule has 110 valence electrons. The van der Waals surface area contributed by atoms with Crippen molar-refractivity contribution in [2.45, 2.75) is 31.9 Å². The van der Waals surface area contributed by atoms with Crippen molar-refractivity contribution in [1.82, 2.24) is 5.32 Å². The summed E-state index contributed by atoms with van der Waals surface area (Å²) < 4.78 is 10.6. The van der Waals surface area contributed by atoms with Gasteiger partial charge in [0.05, 0.1) is 13.2 Å². The van der Waals surface area contributed by atoms with Gasteiger partial charge >= 0.3 is 0 Å². The molecule has 1 rings (SSSR count). The lowest BCUT2D eigenvalue weighted by Crippen LogP contribution is -2.37. The molecule has 0 radical (unpaired) electrons. The molecular formula is C16H23NO3. The van der Waals surface area contributed by atoms with Crippen LogP contribution >= 0.6 is 0 Å². The second kappa shape index (κ2) is 9.24. The number of hydrogen-bond acceptors (Lipinski definition) is 4. The Kier molecular flexibility index (Phi) is 7.56. The maximum Gasteiger partial charge on any atom is 0.119 e. The van der Waals surface area contributed by atoms with Gasteiger partial charge in [0.2, 0.25) is 0 Å². The summed E-state index contributed by atoms with van der Waals surface area (Å²) in [5, 5.41) is 13.0. The molecular weight excluding hydrogens is 254 g/mol. The number of aliphatic hydroxyl groups excluding tert-OH is 1. The van der Waals surface area contributed by atoms with Crippen LogP contribution in [0.5, 0.6) is 11.5 Å². The monoisotopic (exact) mass is 277 g/mol. The third kappa shape index (κ3) is 5.96. The number of hydrogen-bond donors (Lipinski definition) is 2. The lowest BCUT2D eigenvalue weighted by Gasteiger charge is -2.16. The molecule has 0 saturated heterocycles. The summed E-state index contributed by atoms with van der Waals surface area (Å²) in [7, 11) is 1.61. The number of terminal acetylenes is 1. The van der Waals surface area contributed by atoms with E-state index < -0.39 is 6.10 Å². The van der Waals surface area contributed by atoms with Gasteiger partial charge in [-0.25, -0.2) is 0 Å². The van der Waals surface area contributed by atoms with E-state index in [9.17, 15) is 5.11 Å². The molecule has 20 heavy (non-hydrogen) atoms. The minimum atomic E-state index is -0.593. The van der Waals surface area contributed by atoms with E-state index >= 15 is 0 Å². The number of benzene rings is 1. The molecule has 0 aliphatic heterocycles. The van der Waals surface area contributed by atoms with Crippen LogP contribution in [0.25, 0.3) is 0 Å². The zero-order chi connectivity index (χ0) is 14.8. The van der Waals surface area contributed by atoms with E-state index in [0.717, 1.165) is 18.6 Å². The zero-order valence-corrected chi connectivity index (χ0v) is 12.1. The maximum atomic E-state index is 9.84. The first-order valence-electron chi connectivity index (χ1n) is 6.84. The van der Waals surface area contributed by atoms with Crippen molar-refractivity contribution in [2.24, 2.45) is 0 Å². The molecule has 4 heteroatoms. The van der Waals surface area contributed by atoms with Gasteiger partial charge in [0, 0.05) is 6.54 Å². The summed E-state index contributed by atoms with van der Waals surface area (Å²) in [4.78, 5) is 0. The van der Waals surface area contributed by atoms with Crippen molar-refractivity contribution in [3.63, 3.8) is 0 Å². The average Bonchev–Trinajstić information content (AvgIpc) is 2.49. The molecule has 2 unspecified atom stereocenters. The van der Waals surface area contributed by atoms with E-state index in [4.69, 9.17) is 15.9 Å². The molecule has 0 heterocycles. The van der Waals surface area contributed by atoms with E-state index in [2.05, 4.69) is 18.2 Å². The largest absolute Gasteiger partial charge is 0.497 e. The molecule has 0 amide bonds. The molecule has 0 aliphatic carbocycles. The van der Waals surface area contributed by atoms with Crippen molar-refractivity contribution in [3.05, 3.63) is 24.3 Å². The summed E-state index contributed by atoms with van der Waals surface area (Å²) >= 11 is 0. The first-order chi connectivity index (χ1) is 9.69. The second-order valence-corrected chi connectivity index (χ2v) is 4.56. The van der Waals surface area contributed by atoms with Crippen LogP contribution in [-0.2, 0) is 0 Å². The Balaban J connectivity index is 2.28. The fourth-order valence-electron chi connectivity index (χ4n) is 1.73. The Hall–Kier alpha value is -1.70. The predicted molar refractivity (Wildman–Crippen MR) is 80.0 cm³/mol. The molecule has 1 aromatic rings. The third-order valence-corrected chi connectivity index (χ3v) is 2.88. The minimum Gasteiger partial charge on any atom is -0.497 e. The summed E-state index contributed by atoms with van der Waals surface area (Å²) in [6, 6.07) is 7.25. The van der Waals surface area contributed by atoms with Crippen molar-refractivity contribution in [3.8, 4) is 23.8 Å². The smallest absolute Gasteiger partial charge is 0.119 e. The van der Waals surface area contributed by atoms with Gasteiger partial charge in [0.15, 0.2) is 0 Å². The fourth-order valence-corrected chi connectivity index (χ4v) is 1.73. The highest BCUT2D eigenvalue weighted by atomic mass is 16.5. The van der Waals surface area contributed by atoms with E-state index in [1.54, 1.807) is 19.2 Å². The van der Waals surface area contributed by atoms with E-state index in [0.29, 0.717) is 12.3 Å². The third-order valence-electron chi connectivity index (χ3n) is 2.88. The molecule has 0 aliphatic rings. The first kappa shape index (κ1) is 16.4. The topological polar surface area (TPSA) is 50.7 Å². The van der Waals surface area contributed by atoms with E-state index in [-0.39, 0.29) is 12.6 Å². The highest BCUT2D eigenvalue weighted by Gasteiger charge is 2.09. The van der Waals surface area contributed by atoms with Gasteiger partial charge in [-0.1, -0.05) is 19.3 Å². The Morgan fingerprint density at radius 2 is 1.95 bits per heavy atom. The molecule has 0 fully saturated rings. The van der Waals surface area contributed by atoms with Crippen LogP contribution in [0.2, 0.25) is 0 Å². The number of methoxy groups -OCH3 is 1. The summed E-state index contributed by atoms with van der Waals surface area (Å²) in [5.74, 6) is 4.14. The van der Waals surface area contributed by atoms with Crippen molar-refractivity contribution >= 4 is 0 Å². The van der Waals surface area contributed by atoms with Crippen LogP contribution in [0, 0.1) is 12.3 Å². The fraction of sp³-hybridized carbons (Fsp3) is 0.500. The van der Waals surface area contributed by atoms with Crippen molar-refractivity contribution in [1.29, 1.82) is 0 Å². The Labute approximate surface area is 121 Å². The molecule has 0 saturated carbocycles. The lowest BCUT2D eigenvalue weighted by molar-refractivity contribution is 0.105. The number of rotatable bonds is 9. The van der Waals surface area contributed by atoms with Crippen molar-refractivity contribution in [2.75, 3.05) is 20.3 Å². The standard InChI is InChI=1S/C16H23NO3/c1-4-6-13(5-2)17-11-14(18)12-20-16-9-7-15(19-3)8-10-16/h2,7-10,13-14,17-18H,4,6,11-12H2,1,3H3. The van der Waals surface area contributed by atoms with Crippen LogP contribution in [0.1, 0.15) is 19.8 Å². The molecule has 4 nitrogen and oxygen atoms in total. The lowest BCUT2D eigenvalue weighted by atomic mass is 10.2. The quantitative estimate of drug-likeness (QED) is 0.676. The molecule has 0 aromatic heterocycles. The Morgan fingerprint density at radius 1 is 1.30 bits per heavy atom. The van der Waals surface area contributed by atoms with Crippen LogP contribution in [0.3, 0.4) is 0 Å². The predicted octanol–water partition coefficient (Wildman–Crippen LogP) is 1.83. The Bertz CT molecular complexity index is 411. The van der Waals surface area contributed by atoms with Gasteiger partial charge in [-0.05, 0) is 30.7 Å². The first-order valence-corrected chi connectivity index (χ1v) is 6.84. The number of ether oxygens (including phenoxy) is 2. The van der Waals surface area contributed by atoms with Crippen LogP contribution in [0.4, 0.5) is 0 Å². The SMILES string of the molecule is C#CC(CCC)NCC(O)COc1ccc(OC)cc1. The molecule has 2 atom stereocenters. The highest BCUT2D eigenvalue weighted by molar-refractivity contribution is 5.31. The van der Waals surface area contributed by atoms with Gasteiger partial charge < -0.3 is 19.9 Å². The van der Waals surface area contributed by atoms with Gasteiger partial charge in [-0.3, -0.25) is 0 Å². The van der Waals surface area contributed by atoms with Gasteiger partial charge in [-0.15, -0.1) is 6.42 Å². The molecule has 1 aromatic carbocycles. The Morgan fingerprint density at radius 3 is 2.50 bits per heavy atom. The number of aliphatic hydroxyl groups is 1. The second-order valence-electron chi connectivity index (χ2n) is 4.56. The van der Waals surface area contributed by atoms with Gasteiger partial charge in [-0.2, -0.15) is 0 Å². The van der Waals surface area contributed by atoms with Crippen LogP contribution < -0.4 is 14.8 Å². The van der Waals surface area contributed by atoms with Gasteiger partial charge in [0.1, 0.15) is 24.2 Å². The minimum absolute atomic E-state index is 0.00985. The molecule has 0 spiro atoms. The average molecular weight is 277 g/mol. The maximum absolute atomic E-state index is 9.84. The zero-order valence-electron chi connectivity index (χ0n) is 12.1. The summed E-state index contributed by atoms with van der Waals surface area (Å²) in [5.41, 5.74) is 0. The highest BCUT2D eigenvalue weighted by Crippen LogP contribution is 2.16. The van der Waals surface area contributed by atoms with Crippen LogP contribution in [-0.4, -0.2) is 37.5 Å². The molecule has 0 bridgehead atoms. The molecule has 2 N–H and O–H groups in total. The number of nitrogens with one attached hydrogen (secondary N) is 1. The van der Waals surface area contributed by atoms with E-state index in [1.165, 1.54) is 0 Å². The normalized spacial score (nSPS) is 13.3. The van der Waals surface area contributed by atoms with Crippen LogP contribution in [0.15, 0.2) is 24.3 Å². The van der Waals surface area contributed by atoms with Crippen molar-refractivity contribution < 1.29 is 14.6 Å². The summed E-state index contributed by atoms with van der Waals surface area (Å²) in [6.07, 6.45) is 6.73. The van der Waals surface area contributed by atoms with Gasteiger partial charge in [0.25, 0.3) is 0 Å².